The van der Waals surface area contributed by atoms with Gasteiger partial charge in [-0.05, 0) is 87.5 Å². The summed E-state index contributed by atoms with van der Waals surface area (Å²) in [6.45, 7) is 6.65. The molecule has 12 rings (SSSR count). The lowest BCUT2D eigenvalue weighted by Gasteiger charge is -2.27. The number of anilines is 4. The third kappa shape index (κ3) is 6.21. The summed E-state index contributed by atoms with van der Waals surface area (Å²) >= 11 is 0. The molecule has 0 N–H and O–H groups in total. The molecule has 0 saturated heterocycles. The molecule has 6 nitrogen and oxygen atoms in total. The Bertz CT molecular complexity index is 4040. The van der Waals surface area contributed by atoms with Crippen LogP contribution in [0.5, 0.6) is 11.5 Å². The number of furan rings is 1. The SMILES string of the molecule is [2H]c1c([2H])c([2H])c(-c2cccc(-c3c([2H])c([2H])c([2H])c([2H])c3[2H])c2N2CN(c3cccc(Oc4ccc5c6oc7ccc8ccccc8c7c6n(-c6cc(C(C)(C)C)ccn6)c5c4)c3)c3ccccc32)c([2H])c1[2H]. The van der Waals surface area contributed by atoms with Crippen LogP contribution in [0.1, 0.15) is 40.0 Å². The average molecular weight is 839 g/mol. The fourth-order valence-electron chi connectivity index (χ4n) is 9.05. The van der Waals surface area contributed by atoms with Gasteiger partial charge in [-0.25, -0.2) is 4.98 Å². The molecule has 64 heavy (non-hydrogen) atoms. The van der Waals surface area contributed by atoms with E-state index in [0.29, 0.717) is 17.2 Å². The van der Waals surface area contributed by atoms with E-state index in [4.69, 9.17) is 27.8 Å². The molecule has 3 aromatic heterocycles. The zero-order chi connectivity index (χ0) is 51.6. The summed E-state index contributed by atoms with van der Waals surface area (Å²) in [6.07, 6.45) is 1.85. The molecule has 11 aromatic rings. The molecular weight excluding hydrogens is 785 g/mol. The third-order valence-electron chi connectivity index (χ3n) is 12.0. The summed E-state index contributed by atoms with van der Waals surface area (Å²) in [7, 11) is 0. The number of fused-ring (bicyclic) bond motifs is 8. The summed E-state index contributed by atoms with van der Waals surface area (Å²) in [5.74, 6) is 1.84. The van der Waals surface area contributed by atoms with E-state index in [1.807, 2.05) is 107 Å². The Kier molecular flexibility index (Phi) is 6.58. The molecule has 0 unspecified atom stereocenters. The molecule has 4 heterocycles. The highest BCUT2D eigenvalue weighted by atomic mass is 16.5. The zero-order valence-electron chi connectivity index (χ0n) is 45.1. The van der Waals surface area contributed by atoms with Gasteiger partial charge in [-0.3, -0.25) is 4.57 Å². The highest BCUT2D eigenvalue weighted by Crippen LogP contribution is 2.50. The molecule has 8 aromatic carbocycles. The van der Waals surface area contributed by atoms with Gasteiger partial charge in [0.25, 0.3) is 0 Å². The molecule has 308 valence electrons. The maximum atomic E-state index is 9.06. The van der Waals surface area contributed by atoms with Crippen LogP contribution in [0.4, 0.5) is 22.7 Å². The van der Waals surface area contributed by atoms with E-state index in [9.17, 15) is 0 Å². The first-order valence-electron chi connectivity index (χ1n) is 26.1. The Balaban J connectivity index is 0.989. The summed E-state index contributed by atoms with van der Waals surface area (Å²) in [6, 6.07) is 37.6. The molecule has 1 aliphatic rings. The molecule has 0 atom stereocenters. The van der Waals surface area contributed by atoms with Crippen molar-refractivity contribution in [1.82, 2.24) is 9.55 Å². The number of aromatic nitrogens is 2. The second-order valence-corrected chi connectivity index (χ2v) is 16.9. The Labute approximate surface area is 385 Å². The summed E-state index contributed by atoms with van der Waals surface area (Å²) in [5.41, 5.74) is 6.92. The van der Waals surface area contributed by atoms with Crippen LogP contribution in [-0.2, 0) is 5.41 Å². The van der Waals surface area contributed by atoms with Crippen LogP contribution < -0.4 is 14.5 Å². The average Bonchev–Trinajstić information content (AvgIpc) is 4.08. The van der Waals surface area contributed by atoms with Crippen molar-refractivity contribution >= 4 is 66.5 Å². The fraction of sp³-hybridized carbons (Fsp3) is 0.0862. The maximum Gasteiger partial charge on any atom is 0.161 e. The van der Waals surface area contributed by atoms with Crippen molar-refractivity contribution in [2.24, 2.45) is 0 Å². The van der Waals surface area contributed by atoms with Gasteiger partial charge in [0.2, 0.25) is 0 Å². The van der Waals surface area contributed by atoms with E-state index in [1.54, 1.807) is 18.2 Å². The Hall–Kier alpha value is -8.09. The molecule has 0 aliphatic carbocycles. The van der Waals surface area contributed by atoms with Crippen molar-refractivity contribution in [1.29, 1.82) is 0 Å². The first kappa shape index (κ1) is 28.5. The number of benzene rings is 8. The van der Waals surface area contributed by atoms with E-state index in [2.05, 4.69) is 49.6 Å². The molecular formula is C58H44N4O2. The number of hydrogen-bond acceptors (Lipinski definition) is 5. The van der Waals surface area contributed by atoms with Gasteiger partial charge in [-0.2, -0.15) is 0 Å². The monoisotopic (exact) mass is 838 g/mol. The third-order valence-corrected chi connectivity index (χ3v) is 12.0. The van der Waals surface area contributed by atoms with Crippen molar-refractivity contribution in [3.8, 4) is 39.6 Å². The minimum Gasteiger partial charge on any atom is -0.457 e. The van der Waals surface area contributed by atoms with E-state index in [-0.39, 0.29) is 40.0 Å². The topological polar surface area (TPSA) is 46.7 Å². The van der Waals surface area contributed by atoms with Crippen LogP contribution in [0.15, 0.2) is 204 Å². The summed E-state index contributed by atoms with van der Waals surface area (Å²) in [4.78, 5) is 8.88. The van der Waals surface area contributed by atoms with Crippen LogP contribution in [-0.4, -0.2) is 16.2 Å². The van der Waals surface area contributed by atoms with Crippen molar-refractivity contribution in [3.05, 3.63) is 206 Å². The fourth-order valence-corrected chi connectivity index (χ4v) is 9.05. The van der Waals surface area contributed by atoms with Crippen LogP contribution in [0.2, 0.25) is 0 Å². The Morgan fingerprint density at radius 1 is 0.625 bits per heavy atom. The van der Waals surface area contributed by atoms with Gasteiger partial charge >= 0.3 is 0 Å². The molecule has 0 bridgehead atoms. The van der Waals surface area contributed by atoms with Gasteiger partial charge in [0.1, 0.15) is 35.1 Å². The zero-order valence-corrected chi connectivity index (χ0v) is 35.1. The van der Waals surface area contributed by atoms with Gasteiger partial charge in [0.05, 0.1) is 41.7 Å². The second kappa shape index (κ2) is 14.8. The van der Waals surface area contributed by atoms with Crippen LogP contribution in [0, 0.1) is 0 Å². The van der Waals surface area contributed by atoms with Crippen LogP contribution in [0.3, 0.4) is 0 Å². The molecule has 1 aliphatic heterocycles. The minimum absolute atomic E-state index is 0.0957. The molecule has 0 fully saturated rings. The van der Waals surface area contributed by atoms with Crippen molar-refractivity contribution in [2.45, 2.75) is 26.2 Å². The van der Waals surface area contributed by atoms with Crippen molar-refractivity contribution < 1.29 is 22.9 Å². The van der Waals surface area contributed by atoms with Gasteiger partial charge in [-0.15, -0.1) is 0 Å². The maximum absolute atomic E-state index is 9.06. The quantitative estimate of drug-likeness (QED) is 0.160. The molecule has 6 heteroatoms. The Morgan fingerprint density at radius 3 is 2.06 bits per heavy atom. The normalized spacial score (nSPS) is 15.0. The van der Waals surface area contributed by atoms with E-state index in [1.165, 1.54) is 0 Å². The lowest BCUT2D eigenvalue weighted by atomic mass is 9.88. The number of nitrogens with zero attached hydrogens (tertiary/aromatic N) is 4. The van der Waals surface area contributed by atoms with Gasteiger partial charge in [-0.1, -0.05) is 148 Å². The van der Waals surface area contributed by atoms with Crippen LogP contribution in [0.25, 0.3) is 71.8 Å². The Morgan fingerprint density at radius 2 is 1.31 bits per heavy atom. The smallest absolute Gasteiger partial charge is 0.161 e. The van der Waals surface area contributed by atoms with Gasteiger partial charge in [0, 0.05) is 40.5 Å². The van der Waals surface area contributed by atoms with E-state index < -0.39 is 60.4 Å². The highest BCUT2D eigenvalue weighted by molar-refractivity contribution is 6.24. The number of rotatable bonds is 7. The molecule has 0 radical (unpaired) electrons. The summed E-state index contributed by atoms with van der Waals surface area (Å²) in [5, 5.41) is 4.04. The molecule has 0 spiro atoms. The standard InChI is InChI=1S/C58H44N4O2/c1-58(2,3)41-32-33-59-53(34-41)62-51-36-44(29-30-48(51)57-56(62)54-45-23-11-10-20-40(45)28-31-52(54)64-57)63-43-22-14-21-42(35-43)60-37-61(50-27-13-12-26-49(50)60)55-46(38-16-6-4-7-17-38)24-15-25-47(55)39-18-8-5-9-19-39/h4-36H,37H2,1-3H3/i4D,5D,6D,7D,8D,9D,16D,17D,18D,19D. The van der Waals surface area contributed by atoms with Gasteiger partial charge in [0.15, 0.2) is 5.58 Å². The second-order valence-electron chi connectivity index (χ2n) is 16.9. The lowest BCUT2D eigenvalue weighted by Crippen LogP contribution is -2.24. The number of para-hydroxylation sites is 3. The molecule has 0 amide bonds. The number of ether oxygens (including phenoxy) is 1. The first-order valence-corrected chi connectivity index (χ1v) is 21.1. The minimum atomic E-state index is -0.555. The predicted molar refractivity (Wildman–Crippen MR) is 264 cm³/mol. The van der Waals surface area contributed by atoms with E-state index in [0.717, 1.165) is 66.5 Å². The largest absolute Gasteiger partial charge is 0.457 e. The number of hydrogen-bond donors (Lipinski definition) is 0. The highest BCUT2D eigenvalue weighted by Gasteiger charge is 2.31. The first-order chi connectivity index (χ1) is 35.5. The number of pyridine rings is 1. The van der Waals surface area contributed by atoms with E-state index >= 15 is 0 Å². The van der Waals surface area contributed by atoms with Crippen molar-refractivity contribution in [2.75, 3.05) is 16.5 Å². The summed E-state index contributed by atoms with van der Waals surface area (Å²) < 4.78 is 103. The van der Waals surface area contributed by atoms with Gasteiger partial charge < -0.3 is 19.0 Å². The predicted octanol–water partition coefficient (Wildman–Crippen LogP) is 15.7. The van der Waals surface area contributed by atoms with Crippen molar-refractivity contribution in [3.63, 3.8) is 0 Å². The lowest BCUT2D eigenvalue weighted by molar-refractivity contribution is 0.483. The molecule has 0 saturated carbocycles. The van der Waals surface area contributed by atoms with Crippen LogP contribution >= 0.6 is 0 Å².